The minimum absolute atomic E-state index is 0. The van der Waals surface area contributed by atoms with Crippen LogP contribution < -0.4 is 11.1 Å². The second-order valence-corrected chi connectivity index (χ2v) is 5.57. The minimum atomic E-state index is -0.523. The Hall–Kier alpha value is -1.37. The van der Waals surface area contributed by atoms with Gasteiger partial charge in [0.05, 0.1) is 12.0 Å². The van der Waals surface area contributed by atoms with Crippen molar-refractivity contribution in [3.8, 4) is 0 Å². The number of anilines is 1. The molecule has 2 unspecified atom stereocenters. The summed E-state index contributed by atoms with van der Waals surface area (Å²) in [6.45, 7) is 4.65. The van der Waals surface area contributed by atoms with Crippen molar-refractivity contribution >= 4 is 42.4 Å². The first-order valence-electron chi connectivity index (χ1n) is 7.26. The lowest BCUT2D eigenvalue weighted by Gasteiger charge is -2.33. The second kappa shape index (κ2) is 9.70. The molecule has 0 spiro atoms. The van der Waals surface area contributed by atoms with Crippen molar-refractivity contribution in [1.82, 2.24) is 9.88 Å². The number of pyridine rings is 1. The summed E-state index contributed by atoms with van der Waals surface area (Å²) in [5.41, 5.74) is 6.48. The Balaban J connectivity index is 0.00000242. The van der Waals surface area contributed by atoms with Crippen LogP contribution in [-0.2, 0) is 9.59 Å². The van der Waals surface area contributed by atoms with E-state index in [2.05, 4.69) is 10.3 Å². The first-order chi connectivity index (χ1) is 9.97. The molecule has 2 heterocycles. The summed E-state index contributed by atoms with van der Waals surface area (Å²) in [6, 6.07) is 4.97. The van der Waals surface area contributed by atoms with Gasteiger partial charge in [0.25, 0.3) is 0 Å². The molecule has 0 aromatic carbocycles. The van der Waals surface area contributed by atoms with E-state index >= 15 is 0 Å². The maximum Gasteiger partial charge on any atom is 0.239 e. The fraction of sp³-hybridized carbons (Fsp3) is 0.533. The molecule has 130 valence electrons. The number of nitrogens with zero attached hydrogens (tertiary/aromatic N) is 2. The second-order valence-electron chi connectivity index (χ2n) is 5.57. The van der Waals surface area contributed by atoms with E-state index in [9.17, 15) is 9.59 Å². The minimum Gasteiger partial charge on any atom is -0.341 e. The number of nitrogens with one attached hydrogen (secondary N) is 1. The third kappa shape index (κ3) is 5.97. The molecule has 0 bridgehead atoms. The Morgan fingerprint density at radius 2 is 2.09 bits per heavy atom. The van der Waals surface area contributed by atoms with E-state index in [0.29, 0.717) is 18.9 Å². The molecular weight excluding hydrogens is 339 g/mol. The Bertz CT molecular complexity index is 540. The quantitative estimate of drug-likeness (QED) is 0.857. The molecule has 1 fully saturated rings. The van der Waals surface area contributed by atoms with Crippen molar-refractivity contribution in [2.45, 2.75) is 32.7 Å². The van der Waals surface area contributed by atoms with E-state index in [1.165, 1.54) is 0 Å². The summed E-state index contributed by atoms with van der Waals surface area (Å²) >= 11 is 0. The molecule has 1 aliphatic heterocycles. The molecule has 8 heteroatoms. The molecule has 1 aromatic heterocycles. The van der Waals surface area contributed by atoms with Gasteiger partial charge in [0.15, 0.2) is 0 Å². The summed E-state index contributed by atoms with van der Waals surface area (Å²) in [6.07, 6.45) is 1.60. The van der Waals surface area contributed by atoms with E-state index < -0.39 is 6.04 Å². The molecule has 3 N–H and O–H groups in total. The van der Waals surface area contributed by atoms with Gasteiger partial charge in [-0.2, -0.15) is 0 Å². The highest BCUT2D eigenvalue weighted by Gasteiger charge is 2.29. The van der Waals surface area contributed by atoms with Crippen molar-refractivity contribution in [2.24, 2.45) is 11.7 Å². The molecule has 2 amide bonds. The van der Waals surface area contributed by atoms with Gasteiger partial charge in [-0.3, -0.25) is 9.59 Å². The number of rotatable bonds is 3. The summed E-state index contributed by atoms with van der Waals surface area (Å²) in [7, 11) is 0. The summed E-state index contributed by atoms with van der Waals surface area (Å²) in [4.78, 5) is 30.2. The summed E-state index contributed by atoms with van der Waals surface area (Å²) in [5, 5.41) is 2.82. The number of amides is 2. The van der Waals surface area contributed by atoms with Gasteiger partial charge in [0, 0.05) is 18.8 Å². The fourth-order valence-electron chi connectivity index (χ4n) is 2.52. The molecule has 23 heavy (non-hydrogen) atoms. The van der Waals surface area contributed by atoms with Gasteiger partial charge >= 0.3 is 0 Å². The van der Waals surface area contributed by atoms with Crippen LogP contribution in [-0.4, -0.2) is 40.8 Å². The van der Waals surface area contributed by atoms with Crippen molar-refractivity contribution in [3.63, 3.8) is 0 Å². The highest BCUT2D eigenvalue weighted by atomic mass is 35.5. The van der Waals surface area contributed by atoms with Crippen LogP contribution in [0.15, 0.2) is 18.2 Å². The number of aryl methyl sites for hydroxylation is 1. The number of halogens is 2. The lowest BCUT2D eigenvalue weighted by Crippen LogP contribution is -2.48. The molecule has 6 nitrogen and oxygen atoms in total. The van der Waals surface area contributed by atoms with Crippen molar-refractivity contribution in [2.75, 3.05) is 18.4 Å². The van der Waals surface area contributed by atoms with Crippen LogP contribution in [0.2, 0.25) is 0 Å². The Morgan fingerprint density at radius 1 is 1.39 bits per heavy atom. The monoisotopic (exact) mass is 362 g/mol. The normalized spacial score (nSPS) is 18.2. The van der Waals surface area contributed by atoms with Crippen LogP contribution in [0.5, 0.6) is 0 Å². The Morgan fingerprint density at radius 3 is 2.70 bits per heavy atom. The van der Waals surface area contributed by atoms with Gasteiger partial charge in [-0.25, -0.2) is 4.98 Å². The number of aromatic nitrogens is 1. The molecule has 0 aliphatic carbocycles. The van der Waals surface area contributed by atoms with Crippen LogP contribution in [0.25, 0.3) is 0 Å². The highest BCUT2D eigenvalue weighted by Crippen LogP contribution is 2.19. The van der Waals surface area contributed by atoms with Crippen LogP contribution >= 0.6 is 24.8 Å². The average molecular weight is 363 g/mol. The number of hydrogen-bond acceptors (Lipinski definition) is 4. The Labute approximate surface area is 149 Å². The number of carbonyl (C=O) groups is 2. The number of nitrogens with two attached hydrogens (primary N) is 1. The summed E-state index contributed by atoms with van der Waals surface area (Å²) in [5.74, 6) is 0.163. The Kier molecular flexibility index (Phi) is 9.12. The number of piperidine rings is 1. The van der Waals surface area contributed by atoms with E-state index in [0.717, 1.165) is 18.5 Å². The number of hydrogen-bond donors (Lipinski definition) is 2. The first-order valence-corrected chi connectivity index (χ1v) is 7.26. The van der Waals surface area contributed by atoms with Crippen molar-refractivity contribution in [1.29, 1.82) is 0 Å². The molecule has 2 rings (SSSR count). The summed E-state index contributed by atoms with van der Waals surface area (Å²) < 4.78 is 0. The maximum atomic E-state index is 12.3. The molecule has 1 saturated heterocycles. The lowest BCUT2D eigenvalue weighted by atomic mass is 9.96. The average Bonchev–Trinajstić information content (AvgIpc) is 2.46. The SMILES string of the molecule is Cc1cccc(NC(=O)C2CCCN(C(=O)C(C)N)C2)n1.Cl.Cl. The topological polar surface area (TPSA) is 88.3 Å². The maximum absolute atomic E-state index is 12.3. The molecule has 1 aliphatic rings. The van der Waals surface area contributed by atoms with E-state index in [-0.39, 0.29) is 42.5 Å². The zero-order chi connectivity index (χ0) is 15.4. The van der Waals surface area contributed by atoms with Gasteiger partial charge in [-0.15, -0.1) is 24.8 Å². The van der Waals surface area contributed by atoms with Gasteiger partial charge in [-0.05, 0) is 38.8 Å². The molecule has 0 radical (unpaired) electrons. The van der Waals surface area contributed by atoms with Crippen LogP contribution in [0.4, 0.5) is 5.82 Å². The molecule has 1 aromatic rings. The number of carbonyl (C=O) groups excluding carboxylic acids is 2. The van der Waals surface area contributed by atoms with Gasteiger partial charge in [-0.1, -0.05) is 6.07 Å². The third-order valence-electron chi connectivity index (χ3n) is 3.63. The molecule has 0 saturated carbocycles. The fourth-order valence-corrected chi connectivity index (χ4v) is 2.52. The van der Waals surface area contributed by atoms with Gasteiger partial charge in [0.2, 0.25) is 11.8 Å². The van der Waals surface area contributed by atoms with Crippen LogP contribution in [0.3, 0.4) is 0 Å². The van der Waals surface area contributed by atoms with Gasteiger partial charge < -0.3 is 16.0 Å². The zero-order valence-electron chi connectivity index (χ0n) is 13.3. The van der Waals surface area contributed by atoms with Crippen molar-refractivity contribution in [3.05, 3.63) is 23.9 Å². The molecule has 2 atom stereocenters. The molecular formula is C15H24Cl2N4O2. The van der Waals surface area contributed by atoms with Crippen molar-refractivity contribution < 1.29 is 9.59 Å². The van der Waals surface area contributed by atoms with E-state index in [1.54, 1.807) is 17.9 Å². The predicted molar refractivity (Wildman–Crippen MR) is 95.1 cm³/mol. The van der Waals surface area contributed by atoms with E-state index in [4.69, 9.17) is 5.73 Å². The standard InChI is InChI=1S/C15H22N4O2.2ClH/c1-10-5-3-7-13(17-10)18-14(20)12-6-4-8-19(9-12)15(21)11(2)16;;/h3,5,7,11-12H,4,6,8-9,16H2,1-2H3,(H,17,18,20);2*1H. The predicted octanol–water partition coefficient (Wildman–Crippen LogP) is 1.76. The lowest BCUT2D eigenvalue weighted by molar-refractivity contribution is -0.135. The van der Waals surface area contributed by atoms with Crippen LogP contribution in [0.1, 0.15) is 25.5 Å². The largest absolute Gasteiger partial charge is 0.341 e. The third-order valence-corrected chi connectivity index (χ3v) is 3.63. The zero-order valence-corrected chi connectivity index (χ0v) is 15.0. The smallest absolute Gasteiger partial charge is 0.239 e. The van der Waals surface area contributed by atoms with E-state index in [1.807, 2.05) is 19.1 Å². The number of likely N-dealkylation sites (tertiary alicyclic amines) is 1. The first kappa shape index (κ1) is 21.6. The van der Waals surface area contributed by atoms with Gasteiger partial charge in [0.1, 0.15) is 5.82 Å². The van der Waals surface area contributed by atoms with Crippen LogP contribution in [0, 0.1) is 12.8 Å². The highest BCUT2D eigenvalue weighted by molar-refractivity contribution is 5.92.